The van der Waals surface area contributed by atoms with Gasteiger partial charge in [0.2, 0.25) is 0 Å². The van der Waals surface area contributed by atoms with Crippen molar-refractivity contribution >= 4 is 5.78 Å². The van der Waals surface area contributed by atoms with Crippen molar-refractivity contribution in [2.45, 2.75) is 50.0 Å². The van der Waals surface area contributed by atoms with E-state index >= 15 is 0 Å². The minimum atomic E-state index is -0.837. The van der Waals surface area contributed by atoms with Crippen molar-refractivity contribution in [1.82, 2.24) is 5.32 Å². The van der Waals surface area contributed by atoms with Crippen LogP contribution in [0.3, 0.4) is 0 Å². The maximum atomic E-state index is 11.7. The molecule has 0 amide bonds. The second-order valence-corrected chi connectivity index (χ2v) is 4.81. The molecule has 5 nitrogen and oxygen atoms in total. The van der Waals surface area contributed by atoms with Crippen LogP contribution in [0.1, 0.15) is 32.1 Å². The lowest BCUT2D eigenvalue weighted by Gasteiger charge is -2.32. The van der Waals surface area contributed by atoms with Crippen molar-refractivity contribution in [3.63, 3.8) is 0 Å². The normalized spacial score (nSPS) is 30.5. The van der Waals surface area contributed by atoms with Gasteiger partial charge in [0.25, 0.3) is 0 Å². The van der Waals surface area contributed by atoms with E-state index in [-0.39, 0.29) is 18.0 Å². The highest BCUT2D eigenvalue weighted by molar-refractivity contribution is 5.88. The van der Waals surface area contributed by atoms with E-state index in [1.54, 1.807) is 0 Å². The number of carbonyl (C=O) groups is 1. The lowest BCUT2D eigenvalue weighted by Crippen LogP contribution is -2.46. The molecule has 5 heteroatoms. The lowest BCUT2D eigenvalue weighted by molar-refractivity contribution is -0.139. The standard InChI is InChI=1S/C11H20N2O3/c12-8(6-14)9(15)10-13-7-11(16-10)4-2-1-3-5-11/h8,10,13-14H,1-7,12H2/t8-,10?/m0/s1. The zero-order chi connectivity index (χ0) is 11.6. The topological polar surface area (TPSA) is 84.6 Å². The number of nitrogens with two attached hydrogens (primary N) is 1. The van der Waals surface area contributed by atoms with Gasteiger partial charge in [-0.15, -0.1) is 0 Å². The van der Waals surface area contributed by atoms with Crippen LogP contribution in [0.2, 0.25) is 0 Å². The summed E-state index contributed by atoms with van der Waals surface area (Å²) in [5, 5.41) is 11.9. The molecule has 2 rings (SSSR count). The van der Waals surface area contributed by atoms with E-state index in [1.807, 2.05) is 0 Å². The fraction of sp³-hybridized carbons (Fsp3) is 0.909. The van der Waals surface area contributed by atoms with Crippen LogP contribution in [0.25, 0.3) is 0 Å². The Hall–Kier alpha value is -0.490. The van der Waals surface area contributed by atoms with Crippen LogP contribution in [-0.2, 0) is 9.53 Å². The SMILES string of the molecule is N[C@@H](CO)C(=O)C1NCC2(CCCCC2)O1. The van der Waals surface area contributed by atoms with Crippen molar-refractivity contribution < 1.29 is 14.6 Å². The Kier molecular flexibility index (Phi) is 3.59. The molecule has 0 aromatic heterocycles. The summed E-state index contributed by atoms with van der Waals surface area (Å²) in [6, 6.07) is -0.837. The molecule has 1 saturated heterocycles. The van der Waals surface area contributed by atoms with Crippen molar-refractivity contribution in [3.05, 3.63) is 0 Å². The number of nitrogens with one attached hydrogen (secondary N) is 1. The fourth-order valence-electron chi connectivity index (χ4n) is 2.55. The molecule has 1 saturated carbocycles. The third kappa shape index (κ3) is 2.27. The Labute approximate surface area is 95.3 Å². The highest BCUT2D eigenvalue weighted by Gasteiger charge is 2.43. The molecule has 0 bridgehead atoms. The molecule has 0 radical (unpaired) electrons. The molecule has 2 aliphatic rings. The van der Waals surface area contributed by atoms with Gasteiger partial charge in [0, 0.05) is 6.54 Å². The number of Topliss-reactive ketones (excluding diaryl/α,β-unsaturated/α-hetero) is 1. The summed E-state index contributed by atoms with van der Waals surface area (Å²) in [4.78, 5) is 11.7. The zero-order valence-corrected chi connectivity index (χ0v) is 9.45. The van der Waals surface area contributed by atoms with Gasteiger partial charge >= 0.3 is 0 Å². The third-order valence-electron chi connectivity index (χ3n) is 3.56. The highest BCUT2D eigenvalue weighted by atomic mass is 16.5. The smallest absolute Gasteiger partial charge is 0.195 e. The molecule has 1 unspecified atom stereocenters. The monoisotopic (exact) mass is 228 g/mol. The van der Waals surface area contributed by atoms with Crippen molar-refractivity contribution in [2.75, 3.05) is 13.2 Å². The van der Waals surface area contributed by atoms with Gasteiger partial charge < -0.3 is 15.6 Å². The van der Waals surface area contributed by atoms with Crippen LogP contribution in [0.4, 0.5) is 0 Å². The van der Waals surface area contributed by atoms with Crippen molar-refractivity contribution in [2.24, 2.45) is 5.73 Å². The van der Waals surface area contributed by atoms with Gasteiger partial charge in [-0.05, 0) is 12.8 Å². The van der Waals surface area contributed by atoms with Crippen LogP contribution >= 0.6 is 0 Å². The van der Waals surface area contributed by atoms with E-state index in [4.69, 9.17) is 15.6 Å². The number of carbonyl (C=O) groups excluding carboxylic acids is 1. The molecule has 4 N–H and O–H groups in total. The number of aliphatic hydroxyl groups excluding tert-OH is 1. The summed E-state index contributed by atoms with van der Waals surface area (Å²) in [6.07, 6.45) is 4.97. The third-order valence-corrected chi connectivity index (χ3v) is 3.56. The van der Waals surface area contributed by atoms with Crippen LogP contribution in [0.15, 0.2) is 0 Å². The quantitative estimate of drug-likeness (QED) is 0.608. The first-order valence-electron chi connectivity index (χ1n) is 5.98. The van der Waals surface area contributed by atoms with Gasteiger partial charge in [0.1, 0.15) is 0 Å². The van der Waals surface area contributed by atoms with Crippen LogP contribution in [-0.4, -0.2) is 41.9 Å². The number of ether oxygens (including phenoxy) is 1. The molecule has 0 aromatic carbocycles. The molecule has 1 spiro atoms. The summed E-state index contributed by atoms with van der Waals surface area (Å²) < 4.78 is 5.82. The molecule has 2 fully saturated rings. The predicted octanol–water partition coefficient (Wildman–Crippen LogP) is -0.476. The summed E-state index contributed by atoms with van der Waals surface area (Å²) in [6.45, 7) is 0.398. The first-order chi connectivity index (χ1) is 7.67. The summed E-state index contributed by atoms with van der Waals surface area (Å²) >= 11 is 0. The maximum absolute atomic E-state index is 11.7. The summed E-state index contributed by atoms with van der Waals surface area (Å²) in [5.74, 6) is -0.245. The predicted molar refractivity (Wildman–Crippen MR) is 58.8 cm³/mol. The van der Waals surface area contributed by atoms with E-state index < -0.39 is 12.3 Å². The average Bonchev–Trinajstić information content (AvgIpc) is 2.72. The van der Waals surface area contributed by atoms with Crippen LogP contribution in [0, 0.1) is 0 Å². The van der Waals surface area contributed by atoms with Crippen LogP contribution in [0.5, 0.6) is 0 Å². The number of rotatable bonds is 3. The summed E-state index contributed by atoms with van der Waals surface area (Å²) in [5.41, 5.74) is 5.34. The average molecular weight is 228 g/mol. The second kappa shape index (κ2) is 4.79. The van der Waals surface area contributed by atoms with Gasteiger partial charge in [-0.3, -0.25) is 10.1 Å². The minimum Gasteiger partial charge on any atom is -0.394 e. The van der Waals surface area contributed by atoms with Gasteiger partial charge in [0.05, 0.1) is 18.2 Å². The molecular weight excluding hydrogens is 208 g/mol. The first-order valence-corrected chi connectivity index (χ1v) is 5.98. The van der Waals surface area contributed by atoms with E-state index in [9.17, 15) is 4.79 Å². The minimum absolute atomic E-state index is 0.159. The molecule has 2 atom stereocenters. The van der Waals surface area contributed by atoms with Gasteiger partial charge in [0.15, 0.2) is 12.0 Å². The van der Waals surface area contributed by atoms with Gasteiger partial charge in [-0.2, -0.15) is 0 Å². The molecule has 1 aliphatic heterocycles. The van der Waals surface area contributed by atoms with Gasteiger partial charge in [-0.1, -0.05) is 19.3 Å². The van der Waals surface area contributed by atoms with E-state index in [0.717, 1.165) is 32.2 Å². The zero-order valence-electron chi connectivity index (χ0n) is 9.45. The Morgan fingerprint density at radius 3 is 2.81 bits per heavy atom. The number of aliphatic hydroxyl groups is 1. The molecule has 0 aromatic rings. The maximum Gasteiger partial charge on any atom is 0.195 e. The second-order valence-electron chi connectivity index (χ2n) is 4.81. The molecule has 16 heavy (non-hydrogen) atoms. The summed E-state index contributed by atoms with van der Waals surface area (Å²) in [7, 11) is 0. The van der Waals surface area contributed by atoms with Gasteiger partial charge in [-0.25, -0.2) is 0 Å². The number of hydrogen-bond donors (Lipinski definition) is 3. The van der Waals surface area contributed by atoms with Crippen molar-refractivity contribution in [3.8, 4) is 0 Å². The Morgan fingerprint density at radius 1 is 1.50 bits per heavy atom. The molecule has 1 aliphatic carbocycles. The number of hydrogen-bond acceptors (Lipinski definition) is 5. The van der Waals surface area contributed by atoms with E-state index in [2.05, 4.69) is 5.32 Å². The number of ketones is 1. The molecule has 1 heterocycles. The Bertz CT molecular complexity index is 264. The Morgan fingerprint density at radius 2 is 2.19 bits per heavy atom. The first kappa shape index (κ1) is 12.0. The molecular formula is C11H20N2O3. The molecule has 92 valence electrons. The fourth-order valence-corrected chi connectivity index (χ4v) is 2.55. The van der Waals surface area contributed by atoms with E-state index in [1.165, 1.54) is 6.42 Å². The largest absolute Gasteiger partial charge is 0.394 e. The Balaban J connectivity index is 1.94. The highest BCUT2D eigenvalue weighted by Crippen LogP contribution is 2.35. The van der Waals surface area contributed by atoms with Crippen LogP contribution < -0.4 is 11.1 Å². The lowest BCUT2D eigenvalue weighted by atomic mass is 9.85. The van der Waals surface area contributed by atoms with E-state index in [0.29, 0.717) is 0 Å². The van der Waals surface area contributed by atoms with Crippen molar-refractivity contribution in [1.29, 1.82) is 0 Å².